The third-order valence-electron chi connectivity index (χ3n) is 7.01. The van der Waals surface area contributed by atoms with Crippen molar-refractivity contribution in [2.24, 2.45) is 0 Å². The van der Waals surface area contributed by atoms with Crippen molar-refractivity contribution >= 4 is 11.9 Å². The number of carboxylic acids is 1. The second-order valence-electron chi connectivity index (χ2n) is 11.1. The number of nitrogens with one attached hydrogen (secondary N) is 1. The van der Waals surface area contributed by atoms with E-state index in [1.165, 1.54) is 6.07 Å². The maximum Gasteiger partial charge on any atom is 0.326 e. The number of aliphatic carboxylic acids is 1. The van der Waals surface area contributed by atoms with Gasteiger partial charge in [0.05, 0.1) is 0 Å². The largest absolute Gasteiger partial charge is 0.480 e. The van der Waals surface area contributed by atoms with Gasteiger partial charge in [0.15, 0.2) is 0 Å². The second-order valence-corrected chi connectivity index (χ2v) is 11.1. The van der Waals surface area contributed by atoms with Crippen LogP contribution in [0, 0.1) is 5.82 Å². The minimum Gasteiger partial charge on any atom is -0.480 e. The second kappa shape index (κ2) is 11.8. The number of amides is 1. The Morgan fingerprint density at radius 2 is 1.48 bits per heavy atom. The van der Waals surface area contributed by atoms with E-state index in [0.717, 1.165) is 16.7 Å². The van der Waals surface area contributed by atoms with Crippen LogP contribution in [0.2, 0.25) is 0 Å². The zero-order valence-corrected chi connectivity index (χ0v) is 23.5. The van der Waals surface area contributed by atoms with Gasteiger partial charge in [0.1, 0.15) is 11.9 Å². The predicted molar refractivity (Wildman–Crippen MR) is 158 cm³/mol. The Labute approximate surface area is 243 Å². The van der Waals surface area contributed by atoms with Crippen molar-refractivity contribution < 1.29 is 23.6 Å². The molecule has 8 heteroatoms. The molecule has 42 heavy (non-hydrogen) atoms. The first-order valence-corrected chi connectivity index (χ1v) is 13.5. The summed E-state index contributed by atoms with van der Waals surface area (Å²) < 4.78 is 19.6. The number of carbonyl (C=O) groups is 2. The number of hydrogen-bond donors (Lipinski definition) is 2. The summed E-state index contributed by atoms with van der Waals surface area (Å²) in [6.45, 7) is 6.25. The highest BCUT2D eigenvalue weighted by Crippen LogP contribution is 2.27. The first kappa shape index (κ1) is 28.4. The molecule has 1 unspecified atom stereocenters. The number of aromatic nitrogens is 2. The maximum absolute atomic E-state index is 14.1. The van der Waals surface area contributed by atoms with Crippen LogP contribution in [0.3, 0.4) is 0 Å². The highest BCUT2D eigenvalue weighted by atomic mass is 19.1. The van der Waals surface area contributed by atoms with E-state index in [0.29, 0.717) is 34.0 Å². The fourth-order valence-corrected chi connectivity index (χ4v) is 4.53. The molecule has 4 aromatic carbocycles. The minimum atomic E-state index is -1.12. The number of carboxylic acid groups (broad SMARTS) is 1. The molecule has 212 valence electrons. The van der Waals surface area contributed by atoms with Gasteiger partial charge < -0.3 is 14.9 Å². The maximum atomic E-state index is 14.1. The van der Waals surface area contributed by atoms with Crippen molar-refractivity contribution in [3.63, 3.8) is 0 Å². The lowest BCUT2D eigenvalue weighted by atomic mass is 9.86. The molecule has 0 radical (unpaired) electrons. The molecule has 0 aliphatic heterocycles. The van der Waals surface area contributed by atoms with Crippen molar-refractivity contribution in [3.05, 3.63) is 120 Å². The van der Waals surface area contributed by atoms with Crippen molar-refractivity contribution in [1.29, 1.82) is 0 Å². The Balaban J connectivity index is 1.24. The Kier molecular flexibility index (Phi) is 7.97. The van der Waals surface area contributed by atoms with E-state index >= 15 is 0 Å². The number of hydrogen-bond acceptors (Lipinski definition) is 5. The third kappa shape index (κ3) is 6.44. The summed E-state index contributed by atoms with van der Waals surface area (Å²) in [6.07, 6.45) is 0.104. The number of benzene rings is 4. The average Bonchev–Trinajstić information content (AvgIpc) is 3.47. The first-order valence-electron chi connectivity index (χ1n) is 13.5. The van der Waals surface area contributed by atoms with E-state index in [9.17, 15) is 19.1 Å². The van der Waals surface area contributed by atoms with E-state index in [1.54, 1.807) is 78.9 Å². The van der Waals surface area contributed by atoms with E-state index in [2.05, 4.69) is 36.2 Å². The summed E-state index contributed by atoms with van der Waals surface area (Å²) in [5.41, 5.74) is 4.78. The lowest BCUT2D eigenvalue weighted by molar-refractivity contribution is -0.139. The molecule has 1 amide bonds. The number of halogens is 1. The number of rotatable bonds is 8. The lowest BCUT2D eigenvalue weighted by Gasteiger charge is -2.19. The van der Waals surface area contributed by atoms with Crippen LogP contribution < -0.4 is 5.32 Å². The summed E-state index contributed by atoms with van der Waals surface area (Å²) in [5, 5.41) is 16.5. The van der Waals surface area contributed by atoms with Gasteiger partial charge in [-0.2, -0.15) is 4.98 Å². The van der Waals surface area contributed by atoms with Crippen LogP contribution >= 0.6 is 0 Å². The quantitative estimate of drug-likeness (QED) is 0.212. The highest BCUT2D eigenvalue weighted by molar-refractivity contribution is 5.96. The summed E-state index contributed by atoms with van der Waals surface area (Å²) >= 11 is 0. The molecule has 0 aliphatic carbocycles. The fraction of sp³-hybridized carbons (Fsp3) is 0.176. The normalized spacial score (nSPS) is 12.1. The Morgan fingerprint density at radius 3 is 2.10 bits per heavy atom. The van der Waals surface area contributed by atoms with Crippen LogP contribution in [0.15, 0.2) is 102 Å². The molecule has 1 atom stereocenters. The Bertz CT molecular complexity index is 1700. The summed E-state index contributed by atoms with van der Waals surface area (Å²) in [5.74, 6) is -1.17. The molecule has 5 rings (SSSR count). The lowest BCUT2D eigenvalue weighted by Crippen LogP contribution is -2.42. The number of carbonyl (C=O) groups excluding carboxylic acids is 1. The molecular formula is C34H30FN3O4. The first-order chi connectivity index (χ1) is 20.1. The van der Waals surface area contributed by atoms with Crippen LogP contribution in [-0.2, 0) is 16.6 Å². The molecule has 0 aliphatic rings. The van der Waals surface area contributed by atoms with Crippen molar-refractivity contribution in [3.8, 4) is 34.0 Å². The topological polar surface area (TPSA) is 105 Å². The molecule has 0 saturated heterocycles. The molecule has 0 saturated carbocycles. The van der Waals surface area contributed by atoms with Crippen molar-refractivity contribution in [2.45, 2.75) is 38.6 Å². The van der Waals surface area contributed by atoms with Crippen LogP contribution in [0.5, 0.6) is 0 Å². The Hall–Kier alpha value is -5.11. The molecule has 2 N–H and O–H groups in total. The molecule has 5 aromatic rings. The molecule has 0 spiro atoms. The van der Waals surface area contributed by atoms with E-state index in [1.807, 2.05) is 12.1 Å². The summed E-state index contributed by atoms with van der Waals surface area (Å²) in [6, 6.07) is 26.9. The van der Waals surface area contributed by atoms with Gasteiger partial charge in [-0.1, -0.05) is 92.7 Å². The van der Waals surface area contributed by atoms with Crippen LogP contribution in [-0.4, -0.2) is 33.2 Å². The average molecular weight is 564 g/mol. The fourth-order valence-electron chi connectivity index (χ4n) is 4.53. The van der Waals surface area contributed by atoms with E-state index in [4.69, 9.17) is 4.52 Å². The Morgan fingerprint density at radius 1 is 0.857 bits per heavy atom. The SMILES string of the molecule is CC(C)(C)c1ccc(C(=O)NC(Cc2ccc(-c3noc(-c4ccc(-c5ccccc5F)cc4)n3)cc2)C(=O)O)cc1. The molecular weight excluding hydrogens is 533 g/mol. The van der Waals surface area contributed by atoms with Gasteiger partial charge in [0, 0.05) is 28.7 Å². The molecule has 1 heterocycles. The zero-order valence-electron chi connectivity index (χ0n) is 23.5. The summed E-state index contributed by atoms with van der Waals surface area (Å²) in [7, 11) is 0. The molecule has 7 nitrogen and oxygen atoms in total. The van der Waals surface area contributed by atoms with Gasteiger partial charge in [0.2, 0.25) is 5.82 Å². The van der Waals surface area contributed by atoms with Crippen LogP contribution in [0.1, 0.15) is 42.3 Å². The standard InChI is InChI=1S/C34H30FN3O4/c1-34(2,3)26-18-16-24(17-19-26)31(39)36-29(33(40)41)20-21-8-10-23(11-9-21)30-37-32(42-38-30)25-14-12-22(13-15-25)27-6-4-5-7-28(27)35/h4-19,29H,20H2,1-3H3,(H,36,39)(H,40,41). The predicted octanol–water partition coefficient (Wildman–Crippen LogP) is 6.93. The van der Waals surface area contributed by atoms with Crippen molar-refractivity contribution in [1.82, 2.24) is 15.5 Å². The van der Waals surface area contributed by atoms with Gasteiger partial charge in [-0.25, -0.2) is 9.18 Å². The van der Waals surface area contributed by atoms with E-state index in [-0.39, 0.29) is 17.7 Å². The van der Waals surface area contributed by atoms with Gasteiger partial charge in [-0.05, 0) is 52.4 Å². The molecule has 1 aromatic heterocycles. The smallest absolute Gasteiger partial charge is 0.326 e. The monoisotopic (exact) mass is 563 g/mol. The number of nitrogens with zero attached hydrogens (tertiary/aromatic N) is 2. The molecule has 0 fully saturated rings. The summed E-state index contributed by atoms with van der Waals surface area (Å²) in [4.78, 5) is 29.2. The highest BCUT2D eigenvalue weighted by Gasteiger charge is 2.22. The van der Waals surface area contributed by atoms with Crippen LogP contribution in [0.4, 0.5) is 4.39 Å². The van der Waals surface area contributed by atoms with Crippen molar-refractivity contribution in [2.75, 3.05) is 0 Å². The zero-order chi connectivity index (χ0) is 29.9. The van der Waals surface area contributed by atoms with Gasteiger partial charge in [-0.15, -0.1) is 0 Å². The van der Waals surface area contributed by atoms with Crippen LogP contribution in [0.25, 0.3) is 34.0 Å². The van der Waals surface area contributed by atoms with Gasteiger partial charge >= 0.3 is 5.97 Å². The van der Waals surface area contributed by atoms with E-state index < -0.39 is 17.9 Å². The third-order valence-corrected chi connectivity index (χ3v) is 7.01. The van der Waals surface area contributed by atoms with Gasteiger partial charge in [-0.3, -0.25) is 4.79 Å². The van der Waals surface area contributed by atoms with Gasteiger partial charge in [0.25, 0.3) is 11.8 Å². The minimum absolute atomic E-state index is 0.0518. The molecule has 0 bridgehead atoms.